The summed E-state index contributed by atoms with van der Waals surface area (Å²) in [6.45, 7) is 7.15. The van der Waals surface area contributed by atoms with Gasteiger partial charge in [0.25, 0.3) is 0 Å². The Morgan fingerprint density at radius 2 is 2.17 bits per heavy atom. The van der Waals surface area contributed by atoms with Gasteiger partial charge >= 0.3 is 5.97 Å². The van der Waals surface area contributed by atoms with Gasteiger partial charge < -0.3 is 19.1 Å². The fraction of sp³-hybridized carbons (Fsp3) is 0.588. The molecule has 24 heavy (non-hydrogen) atoms. The molecule has 1 saturated heterocycles. The third kappa shape index (κ3) is 2.90. The zero-order valence-corrected chi connectivity index (χ0v) is 14.1. The van der Waals surface area contributed by atoms with Crippen LogP contribution in [0.4, 0.5) is 0 Å². The number of ether oxygens (including phenoxy) is 1. The fourth-order valence-electron chi connectivity index (χ4n) is 3.47. The molecule has 0 N–H and O–H groups in total. The summed E-state index contributed by atoms with van der Waals surface area (Å²) in [5.74, 6) is 2.53. The number of carbonyl (C=O) groups is 1. The number of aromatic nitrogens is 2. The van der Waals surface area contributed by atoms with Crippen molar-refractivity contribution in [1.82, 2.24) is 19.4 Å². The van der Waals surface area contributed by atoms with Gasteiger partial charge in [-0.25, -0.2) is 14.8 Å². The molecule has 0 radical (unpaired) electrons. The number of imidazole rings is 1. The number of likely N-dealkylation sites (tertiary alicyclic amines) is 1. The summed E-state index contributed by atoms with van der Waals surface area (Å²) in [6, 6.07) is 0. The number of carbonyl (C=O) groups excluding carboxylic acids is 1. The molecule has 3 atom stereocenters. The van der Waals surface area contributed by atoms with Gasteiger partial charge in [-0.2, -0.15) is 0 Å². The van der Waals surface area contributed by atoms with Crippen molar-refractivity contribution >= 4 is 11.8 Å². The maximum atomic E-state index is 11.7. The fourth-order valence-corrected chi connectivity index (χ4v) is 3.47. The van der Waals surface area contributed by atoms with Crippen LogP contribution in [0.3, 0.4) is 0 Å². The van der Waals surface area contributed by atoms with Crippen molar-refractivity contribution in [3.63, 3.8) is 0 Å². The Kier molecular flexibility index (Phi) is 3.78. The van der Waals surface area contributed by atoms with Crippen LogP contribution in [0, 0.1) is 11.8 Å². The van der Waals surface area contributed by atoms with Crippen LogP contribution in [0.15, 0.2) is 29.8 Å². The predicted octanol–water partition coefficient (Wildman–Crippen LogP) is 1.54. The standard InChI is InChI=1S/C17H23N5O2/c1-3-24-17(23)15-9-20(10-18-15)11-21-5-4-16(19-12(21)2)22-7-13-6-14(13)8-22/h4-5,9-10,12-14H,3,6-8,11H2,1-2H3. The first kappa shape index (κ1) is 15.2. The highest BCUT2D eigenvalue weighted by molar-refractivity contribution is 5.93. The number of amidine groups is 1. The summed E-state index contributed by atoms with van der Waals surface area (Å²) >= 11 is 0. The van der Waals surface area contributed by atoms with Crippen molar-refractivity contribution in [2.45, 2.75) is 33.1 Å². The van der Waals surface area contributed by atoms with Gasteiger partial charge in [0.1, 0.15) is 12.0 Å². The molecule has 3 unspecified atom stereocenters. The Hall–Kier alpha value is -2.31. The minimum absolute atomic E-state index is 0.0652. The lowest BCUT2D eigenvalue weighted by Crippen LogP contribution is -2.37. The molecule has 1 aliphatic carbocycles. The minimum Gasteiger partial charge on any atom is -0.461 e. The van der Waals surface area contributed by atoms with E-state index < -0.39 is 0 Å². The van der Waals surface area contributed by atoms with Gasteiger partial charge in [0, 0.05) is 25.5 Å². The minimum atomic E-state index is -0.383. The van der Waals surface area contributed by atoms with Gasteiger partial charge in [-0.05, 0) is 38.2 Å². The van der Waals surface area contributed by atoms with Crippen molar-refractivity contribution in [2.24, 2.45) is 16.8 Å². The molecule has 1 saturated carbocycles. The van der Waals surface area contributed by atoms with Crippen LogP contribution in [-0.4, -0.2) is 57.0 Å². The number of fused-ring (bicyclic) bond motifs is 1. The maximum absolute atomic E-state index is 11.7. The highest BCUT2D eigenvalue weighted by atomic mass is 16.5. The van der Waals surface area contributed by atoms with Gasteiger partial charge in [-0.3, -0.25) is 0 Å². The first-order chi connectivity index (χ1) is 11.6. The first-order valence-corrected chi connectivity index (χ1v) is 8.59. The quantitative estimate of drug-likeness (QED) is 0.784. The lowest BCUT2D eigenvalue weighted by atomic mass is 10.3. The topological polar surface area (TPSA) is 63.0 Å². The summed E-state index contributed by atoms with van der Waals surface area (Å²) < 4.78 is 6.84. The first-order valence-electron chi connectivity index (χ1n) is 8.59. The largest absolute Gasteiger partial charge is 0.461 e. The number of rotatable bonds is 4. The van der Waals surface area contributed by atoms with Crippen molar-refractivity contribution < 1.29 is 9.53 Å². The van der Waals surface area contributed by atoms with E-state index in [2.05, 4.69) is 34.0 Å². The van der Waals surface area contributed by atoms with Crippen molar-refractivity contribution in [3.05, 3.63) is 30.5 Å². The molecule has 0 aromatic carbocycles. The van der Waals surface area contributed by atoms with Crippen LogP contribution in [0.1, 0.15) is 30.8 Å². The molecule has 7 heteroatoms. The molecular formula is C17H23N5O2. The van der Waals surface area contributed by atoms with E-state index in [0.717, 1.165) is 30.8 Å². The summed E-state index contributed by atoms with van der Waals surface area (Å²) in [6.07, 6.45) is 9.01. The molecule has 3 aliphatic rings. The van der Waals surface area contributed by atoms with E-state index >= 15 is 0 Å². The van der Waals surface area contributed by atoms with Crippen molar-refractivity contribution in [2.75, 3.05) is 19.7 Å². The van der Waals surface area contributed by atoms with Crippen LogP contribution in [-0.2, 0) is 11.4 Å². The molecule has 0 amide bonds. The maximum Gasteiger partial charge on any atom is 0.358 e. The molecule has 4 rings (SSSR count). The van der Waals surface area contributed by atoms with E-state index in [0.29, 0.717) is 19.0 Å². The lowest BCUT2D eigenvalue weighted by Gasteiger charge is -2.31. The molecule has 7 nitrogen and oxygen atoms in total. The molecule has 2 fully saturated rings. The third-order valence-electron chi connectivity index (χ3n) is 4.96. The Morgan fingerprint density at radius 1 is 1.38 bits per heavy atom. The van der Waals surface area contributed by atoms with Gasteiger partial charge in [0.2, 0.25) is 0 Å². The van der Waals surface area contributed by atoms with E-state index in [1.165, 1.54) is 6.42 Å². The number of aliphatic imine (C=N–C) groups is 1. The van der Waals surface area contributed by atoms with E-state index in [4.69, 9.17) is 9.73 Å². The Morgan fingerprint density at radius 3 is 2.88 bits per heavy atom. The Bertz CT molecular complexity index is 685. The van der Waals surface area contributed by atoms with Crippen LogP contribution >= 0.6 is 0 Å². The Balaban J connectivity index is 1.37. The second-order valence-corrected chi connectivity index (χ2v) is 6.74. The summed E-state index contributed by atoms with van der Waals surface area (Å²) in [5, 5.41) is 0. The van der Waals surface area contributed by atoms with E-state index in [1.54, 1.807) is 19.4 Å². The molecule has 2 aliphatic heterocycles. The second kappa shape index (κ2) is 5.96. The van der Waals surface area contributed by atoms with Crippen LogP contribution in [0.5, 0.6) is 0 Å². The number of piperidine rings is 1. The van der Waals surface area contributed by atoms with Crippen molar-refractivity contribution in [3.8, 4) is 0 Å². The molecule has 1 aromatic heterocycles. The summed E-state index contributed by atoms with van der Waals surface area (Å²) in [7, 11) is 0. The highest BCUT2D eigenvalue weighted by Gasteiger charge is 2.45. The number of hydrogen-bond acceptors (Lipinski definition) is 6. The van der Waals surface area contributed by atoms with Gasteiger partial charge in [-0.15, -0.1) is 0 Å². The Labute approximate surface area is 141 Å². The van der Waals surface area contributed by atoms with Crippen molar-refractivity contribution in [1.29, 1.82) is 0 Å². The predicted molar refractivity (Wildman–Crippen MR) is 89.2 cm³/mol. The normalized spacial score (nSPS) is 27.9. The second-order valence-electron chi connectivity index (χ2n) is 6.74. The van der Waals surface area contributed by atoms with E-state index in [1.807, 2.05) is 4.57 Å². The third-order valence-corrected chi connectivity index (χ3v) is 4.96. The molecule has 0 bridgehead atoms. The van der Waals surface area contributed by atoms with E-state index in [9.17, 15) is 4.79 Å². The van der Waals surface area contributed by atoms with Gasteiger partial charge in [0.05, 0.1) is 19.6 Å². The molecule has 1 aromatic rings. The molecular weight excluding hydrogens is 306 g/mol. The van der Waals surface area contributed by atoms with Gasteiger partial charge in [-0.1, -0.05) is 0 Å². The smallest absolute Gasteiger partial charge is 0.358 e. The van der Waals surface area contributed by atoms with Crippen LogP contribution in [0.2, 0.25) is 0 Å². The monoisotopic (exact) mass is 329 g/mol. The lowest BCUT2D eigenvalue weighted by molar-refractivity contribution is 0.0520. The molecule has 0 spiro atoms. The number of nitrogens with zero attached hydrogens (tertiary/aromatic N) is 5. The highest BCUT2D eigenvalue weighted by Crippen LogP contribution is 2.45. The SMILES string of the molecule is CCOC(=O)c1cn(CN2C=CC(N3CC4CC4C3)=NC2C)cn1. The number of esters is 1. The van der Waals surface area contributed by atoms with Gasteiger partial charge in [0.15, 0.2) is 5.69 Å². The average molecular weight is 329 g/mol. The summed E-state index contributed by atoms with van der Waals surface area (Å²) in [5.41, 5.74) is 0.339. The zero-order valence-electron chi connectivity index (χ0n) is 14.1. The molecule has 3 heterocycles. The van der Waals surface area contributed by atoms with E-state index in [-0.39, 0.29) is 12.1 Å². The summed E-state index contributed by atoms with van der Waals surface area (Å²) in [4.78, 5) is 25.1. The van der Waals surface area contributed by atoms with Crippen LogP contribution in [0.25, 0.3) is 0 Å². The zero-order chi connectivity index (χ0) is 16.7. The average Bonchev–Trinajstić information content (AvgIpc) is 2.98. The molecule has 128 valence electrons. The van der Waals surface area contributed by atoms with Crippen LogP contribution < -0.4 is 0 Å². The number of hydrogen-bond donors (Lipinski definition) is 0.